The number of unbranched alkanes of at least 4 members (excludes halogenated alkanes) is 1. The fraction of sp³-hybridized carbons (Fsp3) is 0.625. The highest BCUT2D eigenvalue weighted by atomic mass is 16.1. The second kappa shape index (κ2) is 4.01. The average Bonchev–Trinajstić information content (AvgIpc) is 2.03. The Kier molecular flexibility index (Phi) is 2.95. The maximum atomic E-state index is 11.1. The van der Waals surface area contributed by atoms with Crippen LogP contribution in [-0.2, 0) is 4.79 Å². The maximum absolute atomic E-state index is 11.1. The summed E-state index contributed by atoms with van der Waals surface area (Å²) in [7, 11) is 0. The topological polar surface area (TPSA) is 41.8 Å². The van der Waals surface area contributed by atoms with Gasteiger partial charge in [-0.2, -0.15) is 10.2 Å². The summed E-state index contributed by atoms with van der Waals surface area (Å²) < 4.78 is 0. The summed E-state index contributed by atoms with van der Waals surface area (Å²) in [4.78, 5) is 11.1. The van der Waals surface area contributed by atoms with Gasteiger partial charge in [0.25, 0.3) is 0 Å². The van der Waals surface area contributed by atoms with Gasteiger partial charge in [-0.25, -0.2) is 0 Å². The van der Waals surface area contributed by atoms with Crippen molar-refractivity contribution < 1.29 is 4.79 Å². The molecule has 0 aromatic rings. The normalized spacial score (nSPS) is 16.8. The van der Waals surface area contributed by atoms with Gasteiger partial charge in [0.1, 0.15) is 5.71 Å². The summed E-state index contributed by atoms with van der Waals surface area (Å²) in [6.45, 7) is 2.09. The van der Waals surface area contributed by atoms with Crippen molar-refractivity contribution in [1.29, 1.82) is 0 Å². The molecule has 0 aliphatic carbocycles. The van der Waals surface area contributed by atoms with Crippen molar-refractivity contribution in [2.24, 2.45) is 10.2 Å². The van der Waals surface area contributed by atoms with E-state index in [0.29, 0.717) is 12.1 Å². The van der Waals surface area contributed by atoms with E-state index in [2.05, 4.69) is 17.1 Å². The minimum atomic E-state index is 0.133. The molecule has 0 N–H and O–H groups in total. The van der Waals surface area contributed by atoms with Gasteiger partial charge in [0.05, 0.1) is 0 Å². The quantitative estimate of drug-likeness (QED) is 0.605. The summed E-state index contributed by atoms with van der Waals surface area (Å²) in [5.41, 5.74) is 0.648. The number of hydrogen-bond donors (Lipinski definition) is 0. The van der Waals surface area contributed by atoms with Gasteiger partial charge >= 0.3 is 0 Å². The van der Waals surface area contributed by atoms with Crippen molar-refractivity contribution >= 4 is 17.7 Å². The van der Waals surface area contributed by atoms with Gasteiger partial charge in [-0.15, -0.1) is 0 Å². The molecule has 0 radical (unpaired) electrons. The van der Waals surface area contributed by atoms with Crippen LogP contribution in [0.2, 0.25) is 0 Å². The molecule has 0 fully saturated rings. The van der Waals surface area contributed by atoms with Crippen LogP contribution in [0.15, 0.2) is 10.2 Å². The second-order valence-corrected chi connectivity index (χ2v) is 2.58. The van der Waals surface area contributed by atoms with E-state index in [1.165, 1.54) is 0 Å². The Labute approximate surface area is 66.2 Å². The third-order valence-electron chi connectivity index (χ3n) is 1.63. The molecule has 0 bridgehead atoms. The van der Waals surface area contributed by atoms with Crippen LogP contribution < -0.4 is 0 Å². The molecule has 0 saturated heterocycles. The van der Waals surface area contributed by atoms with Crippen LogP contribution in [0.3, 0.4) is 0 Å². The van der Waals surface area contributed by atoms with Crippen molar-refractivity contribution in [3.8, 4) is 0 Å². The Morgan fingerprint density at radius 3 is 3.09 bits per heavy atom. The van der Waals surface area contributed by atoms with E-state index in [0.717, 1.165) is 19.3 Å². The van der Waals surface area contributed by atoms with E-state index in [1.807, 2.05) is 0 Å². The molecule has 1 heterocycles. The van der Waals surface area contributed by atoms with Crippen LogP contribution in [0.4, 0.5) is 0 Å². The molecule has 1 aliphatic heterocycles. The molecule has 11 heavy (non-hydrogen) atoms. The molecule has 0 unspecified atom stereocenters. The largest absolute Gasteiger partial charge is 0.292 e. The third kappa shape index (κ3) is 2.26. The van der Waals surface area contributed by atoms with Gasteiger partial charge in [0, 0.05) is 12.6 Å². The monoisotopic (exact) mass is 152 g/mol. The van der Waals surface area contributed by atoms with E-state index >= 15 is 0 Å². The summed E-state index contributed by atoms with van der Waals surface area (Å²) in [5.74, 6) is 0.133. The molecule has 0 aromatic heterocycles. The van der Waals surface area contributed by atoms with Crippen LogP contribution in [-0.4, -0.2) is 17.7 Å². The minimum absolute atomic E-state index is 0.133. The van der Waals surface area contributed by atoms with Gasteiger partial charge in [0.2, 0.25) is 0 Å². The number of ketones is 1. The Morgan fingerprint density at radius 2 is 2.45 bits per heavy atom. The van der Waals surface area contributed by atoms with E-state index in [-0.39, 0.29) is 5.78 Å². The van der Waals surface area contributed by atoms with E-state index < -0.39 is 0 Å². The molecule has 3 heteroatoms. The molecule has 1 aliphatic rings. The molecule has 0 spiro atoms. The third-order valence-corrected chi connectivity index (χ3v) is 1.63. The summed E-state index contributed by atoms with van der Waals surface area (Å²) in [6, 6.07) is 0. The van der Waals surface area contributed by atoms with Crippen LogP contribution >= 0.6 is 0 Å². The fourth-order valence-corrected chi connectivity index (χ4v) is 0.941. The zero-order valence-electron chi connectivity index (χ0n) is 6.71. The number of rotatable bonds is 3. The minimum Gasteiger partial charge on any atom is -0.292 e. The molecule has 3 nitrogen and oxygen atoms in total. The van der Waals surface area contributed by atoms with Gasteiger partial charge < -0.3 is 0 Å². The Morgan fingerprint density at radius 1 is 1.64 bits per heavy atom. The number of nitrogens with zero attached hydrogens (tertiary/aromatic N) is 2. The molecule has 60 valence electrons. The molecular formula is C8H12N2O. The smallest absolute Gasteiger partial charge is 0.184 e. The van der Waals surface area contributed by atoms with E-state index in [4.69, 9.17) is 0 Å². The zero-order valence-corrected chi connectivity index (χ0v) is 6.71. The summed E-state index contributed by atoms with van der Waals surface area (Å²) in [6.07, 6.45) is 4.89. The zero-order chi connectivity index (χ0) is 8.10. The summed E-state index contributed by atoms with van der Waals surface area (Å²) in [5, 5.41) is 7.49. The standard InChI is InChI=1S/C8H12N2O/c1-2-3-4-7-8(11)5-6-9-10-7/h6H,2-5H2,1H3. The van der Waals surface area contributed by atoms with Crippen LogP contribution in [0.1, 0.15) is 32.6 Å². The number of carbonyl (C=O) groups excluding carboxylic acids is 1. The van der Waals surface area contributed by atoms with Gasteiger partial charge in [0.15, 0.2) is 5.78 Å². The lowest BCUT2D eigenvalue weighted by Crippen LogP contribution is -2.16. The highest BCUT2D eigenvalue weighted by Gasteiger charge is 2.11. The first-order valence-corrected chi connectivity index (χ1v) is 3.96. The maximum Gasteiger partial charge on any atom is 0.184 e. The van der Waals surface area contributed by atoms with E-state index in [1.54, 1.807) is 6.21 Å². The molecule has 0 amide bonds. The van der Waals surface area contributed by atoms with Crippen molar-refractivity contribution in [2.75, 3.05) is 0 Å². The highest BCUT2D eigenvalue weighted by molar-refractivity contribution is 6.42. The SMILES string of the molecule is CCCCC1=NN=CCC1=O. The van der Waals surface area contributed by atoms with Crippen LogP contribution in [0, 0.1) is 0 Å². The fourth-order valence-electron chi connectivity index (χ4n) is 0.941. The predicted octanol–water partition coefficient (Wildman–Crippen LogP) is 1.58. The average molecular weight is 152 g/mol. The Hall–Kier alpha value is -0.990. The van der Waals surface area contributed by atoms with Crippen molar-refractivity contribution in [3.05, 3.63) is 0 Å². The Bertz CT molecular complexity index is 206. The number of carbonyl (C=O) groups is 1. The van der Waals surface area contributed by atoms with Crippen molar-refractivity contribution in [3.63, 3.8) is 0 Å². The second-order valence-electron chi connectivity index (χ2n) is 2.58. The van der Waals surface area contributed by atoms with Crippen LogP contribution in [0.5, 0.6) is 0 Å². The lowest BCUT2D eigenvalue weighted by Gasteiger charge is -2.03. The van der Waals surface area contributed by atoms with Crippen LogP contribution in [0.25, 0.3) is 0 Å². The molecule has 0 saturated carbocycles. The number of Topliss-reactive ketones (excluding diaryl/α,β-unsaturated/α-hetero) is 1. The van der Waals surface area contributed by atoms with Crippen molar-refractivity contribution in [1.82, 2.24) is 0 Å². The highest BCUT2D eigenvalue weighted by Crippen LogP contribution is 2.03. The molecule has 0 atom stereocenters. The molecule has 1 rings (SSSR count). The first-order chi connectivity index (χ1) is 5.34. The molecule has 0 aromatic carbocycles. The van der Waals surface area contributed by atoms with Gasteiger partial charge in [-0.05, 0) is 12.8 Å². The first kappa shape index (κ1) is 8.11. The predicted molar refractivity (Wildman–Crippen MR) is 45.1 cm³/mol. The Balaban J connectivity index is 2.47. The summed E-state index contributed by atoms with van der Waals surface area (Å²) >= 11 is 0. The first-order valence-electron chi connectivity index (χ1n) is 3.96. The van der Waals surface area contributed by atoms with Gasteiger partial charge in [-0.3, -0.25) is 4.79 Å². The lowest BCUT2D eigenvalue weighted by atomic mass is 10.1. The van der Waals surface area contributed by atoms with Crippen molar-refractivity contribution in [2.45, 2.75) is 32.6 Å². The van der Waals surface area contributed by atoms with E-state index in [9.17, 15) is 4.79 Å². The van der Waals surface area contributed by atoms with Gasteiger partial charge in [-0.1, -0.05) is 13.3 Å². The molecular weight excluding hydrogens is 140 g/mol. The lowest BCUT2D eigenvalue weighted by molar-refractivity contribution is -0.112. The number of hydrogen-bond acceptors (Lipinski definition) is 3.